The molecule has 0 aliphatic carbocycles. The van der Waals surface area contributed by atoms with Crippen molar-refractivity contribution in [2.24, 2.45) is 7.05 Å². The second-order valence-corrected chi connectivity index (χ2v) is 3.97. The number of unbranched alkanes of at least 4 members (excludes halogenated alkanes) is 1. The first-order chi connectivity index (χ1) is 8.06. The van der Waals surface area contributed by atoms with Crippen molar-refractivity contribution < 1.29 is 0 Å². The average molecular weight is 237 g/mol. The van der Waals surface area contributed by atoms with Gasteiger partial charge in [0.2, 0.25) is 5.95 Å². The van der Waals surface area contributed by atoms with E-state index in [1.54, 1.807) is 11.6 Å². The van der Waals surface area contributed by atoms with Crippen LogP contribution in [0.15, 0.2) is 9.59 Å². The fraction of sp³-hybridized carbons (Fsp3) is 0.500. The van der Waals surface area contributed by atoms with Gasteiger partial charge in [-0.1, -0.05) is 13.3 Å². The number of fused-ring (bicyclic) bond motifs is 1. The Labute approximate surface area is 96.9 Å². The molecule has 0 radical (unpaired) electrons. The summed E-state index contributed by atoms with van der Waals surface area (Å²) in [5.74, 6) is 0.264. The van der Waals surface area contributed by atoms with Gasteiger partial charge in [0.25, 0.3) is 5.56 Å². The summed E-state index contributed by atoms with van der Waals surface area (Å²) in [6.07, 6.45) is 1.89. The summed E-state index contributed by atoms with van der Waals surface area (Å²) in [6, 6.07) is 0. The molecular formula is C10H15N5O2. The molecule has 2 rings (SSSR count). The van der Waals surface area contributed by atoms with E-state index in [1.165, 1.54) is 4.57 Å². The number of anilines is 1. The fourth-order valence-electron chi connectivity index (χ4n) is 1.79. The van der Waals surface area contributed by atoms with Crippen LogP contribution in [0.25, 0.3) is 11.2 Å². The molecule has 2 heterocycles. The zero-order valence-corrected chi connectivity index (χ0v) is 9.86. The predicted octanol–water partition coefficient (Wildman–Crippen LogP) is -0.194. The Morgan fingerprint density at radius 3 is 2.76 bits per heavy atom. The molecule has 0 amide bonds. The number of nitrogens with one attached hydrogen (secondary N) is 1. The first-order valence-corrected chi connectivity index (χ1v) is 5.51. The average Bonchev–Trinajstić information content (AvgIpc) is 2.61. The maximum absolute atomic E-state index is 11.8. The molecule has 0 saturated heterocycles. The van der Waals surface area contributed by atoms with Crippen LogP contribution < -0.4 is 17.0 Å². The van der Waals surface area contributed by atoms with Crippen molar-refractivity contribution in [3.8, 4) is 0 Å². The topological polar surface area (TPSA) is 98.7 Å². The van der Waals surface area contributed by atoms with Crippen molar-refractivity contribution in [1.29, 1.82) is 0 Å². The summed E-state index contributed by atoms with van der Waals surface area (Å²) in [6.45, 7) is 2.68. The number of hydrogen-bond donors (Lipinski definition) is 2. The van der Waals surface area contributed by atoms with E-state index in [4.69, 9.17) is 5.73 Å². The molecule has 0 atom stereocenters. The Morgan fingerprint density at radius 1 is 1.41 bits per heavy atom. The number of nitrogens with two attached hydrogens (primary N) is 1. The van der Waals surface area contributed by atoms with Gasteiger partial charge >= 0.3 is 5.69 Å². The molecule has 17 heavy (non-hydrogen) atoms. The molecule has 2 aromatic rings. The molecule has 0 fully saturated rings. The fourth-order valence-corrected chi connectivity index (χ4v) is 1.79. The number of nitrogens with zero attached hydrogens (tertiary/aromatic N) is 3. The minimum Gasteiger partial charge on any atom is -0.369 e. The highest BCUT2D eigenvalue weighted by atomic mass is 16.2. The predicted molar refractivity (Wildman–Crippen MR) is 64.9 cm³/mol. The van der Waals surface area contributed by atoms with E-state index in [0.29, 0.717) is 17.7 Å². The van der Waals surface area contributed by atoms with Crippen molar-refractivity contribution in [2.75, 3.05) is 5.73 Å². The van der Waals surface area contributed by atoms with Gasteiger partial charge in [0.15, 0.2) is 11.2 Å². The zero-order valence-electron chi connectivity index (χ0n) is 9.86. The standard InChI is InChI=1S/C10H15N5O2/c1-3-4-5-15-6-7(12-9(15)11)14(2)10(17)13-8(6)16/h3-5H2,1-2H3,(H2,11,12)(H,13,16,17). The van der Waals surface area contributed by atoms with Crippen LogP contribution in [0.3, 0.4) is 0 Å². The minimum atomic E-state index is -0.484. The molecule has 92 valence electrons. The van der Waals surface area contributed by atoms with E-state index in [2.05, 4.69) is 16.9 Å². The summed E-state index contributed by atoms with van der Waals surface area (Å²) in [5.41, 5.74) is 5.53. The third-order valence-electron chi connectivity index (χ3n) is 2.77. The Kier molecular flexibility index (Phi) is 2.74. The van der Waals surface area contributed by atoms with Gasteiger partial charge in [-0.25, -0.2) is 4.79 Å². The highest BCUT2D eigenvalue weighted by Gasteiger charge is 2.14. The van der Waals surface area contributed by atoms with Gasteiger partial charge in [0.05, 0.1) is 0 Å². The monoisotopic (exact) mass is 237 g/mol. The number of imidazole rings is 1. The van der Waals surface area contributed by atoms with E-state index in [1.807, 2.05) is 0 Å². The Bertz CT molecular complexity index is 664. The summed E-state index contributed by atoms with van der Waals surface area (Å²) in [7, 11) is 1.55. The lowest BCUT2D eigenvalue weighted by Gasteiger charge is -2.04. The lowest BCUT2D eigenvalue weighted by molar-refractivity contribution is 0.650. The van der Waals surface area contributed by atoms with E-state index in [0.717, 1.165) is 12.8 Å². The first kappa shape index (κ1) is 11.4. The number of aromatic amines is 1. The number of nitrogen functional groups attached to an aromatic ring is 1. The molecule has 3 N–H and O–H groups in total. The van der Waals surface area contributed by atoms with Gasteiger partial charge in [-0.15, -0.1) is 0 Å². The molecule has 0 aliphatic rings. The Morgan fingerprint density at radius 2 is 2.12 bits per heavy atom. The van der Waals surface area contributed by atoms with Crippen LogP contribution in [0, 0.1) is 0 Å². The van der Waals surface area contributed by atoms with Crippen LogP contribution in [-0.2, 0) is 13.6 Å². The first-order valence-electron chi connectivity index (χ1n) is 5.51. The third-order valence-corrected chi connectivity index (χ3v) is 2.77. The lowest BCUT2D eigenvalue weighted by Crippen LogP contribution is -2.29. The van der Waals surface area contributed by atoms with Gasteiger partial charge < -0.3 is 10.3 Å². The van der Waals surface area contributed by atoms with Crippen LogP contribution in [0.4, 0.5) is 5.95 Å². The Hall–Kier alpha value is -2.05. The minimum absolute atomic E-state index is 0.264. The lowest BCUT2D eigenvalue weighted by atomic mass is 10.3. The molecule has 0 bridgehead atoms. The van der Waals surface area contributed by atoms with Crippen molar-refractivity contribution in [3.05, 3.63) is 20.8 Å². The van der Waals surface area contributed by atoms with Crippen molar-refractivity contribution in [2.45, 2.75) is 26.3 Å². The van der Waals surface area contributed by atoms with Gasteiger partial charge in [-0.2, -0.15) is 4.98 Å². The maximum atomic E-state index is 11.8. The molecule has 7 nitrogen and oxygen atoms in total. The second-order valence-electron chi connectivity index (χ2n) is 3.97. The quantitative estimate of drug-likeness (QED) is 0.772. The summed E-state index contributed by atoms with van der Waals surface area (Å²) < 4.78 is 2.94. The van der Waals surface area contributed by atoms with Gasteiger partial charge in [0.1, 0.15) is 0 Å². The molecule has 0 aliphatic heterocycles. The molecule has 7 heteroatoms. The van der Waals surface area contributed by atoms with E-state index >= 15 is 0 Å². The molecule has 0 spiro atoms. The van der Waals surface area contributed by atoms with Gasteiger partial charge in [0, 0.05) is 13.6 Å². The van der Waals surface area contributed by atoms with Crippen LogP contribution in [0.1, 0.15) is 19.8 Å². The summed E-state index contributed by atoms with van der Waals surface area (Å²) in [5, 5.41) is 0. The molecule has 0 saturated carbocycles. The highest BCUT2D eigenvalue weighted by molar-refractivity contribution is 5.73. The SMILES string of the molecule is CCCCn1c(N)nc2c1c(=O)[nH]c(=O)n2C. The van der Waals surface area contributed by atoms with Gasteiger partial charge in [-0.05, 0) is 6.42 Å². The van der Waals surface area contributed by atoms with Crippen LogP contribution in [0.2, 0.25) is 0 Å². The largest absolute Gasteiger partial charge is 0.369 e. The number of H-pyrrole nitrogens is 1. The third kappa shape index (κ3) is 1.73. The summed E-state index contributed by atoms with van der Waals surface area (Å²) >= 11 is 0. The molecule has 0 unspecified atom stereocenters. The van der Waals surface area contributed by atoms with E-state index in [9.17, 15) is 9.59 Å². The van der Waals surface area contributed by atoms with E-state index < -0.39 is 11.2 Å². The number of rotatable bonds is 3. The molecule has 2 aromatic heterocycles. The van der Waals surface area contributed by atoms with E-state index in [-0.39, 0.29) is 5.95 Å². The summed E-state index contributed by atoms with van der Waals surface area (Å²) in [4.78, 5) is 29.5. The van der Waals surface area contributed by atoms with Crippen LogP contribution >= 0.6 is 0 Å². The zero-order chi connectivity index (χ0) is 12.6. The van der Waals surface area contributed by atoms with Crippen molar-refractivity contribution >= 4 is 17.1 Å². The highest BCUT2D eigenvalue weighted by Crippen LogP contribution is 2.12. The Balaban J connectivity index is 2.78. The molecular weight excluding hydrogens is 222 g/mol. The van der Waals surface area contributed by atoms with Crippen LogP contribution in [0.5, 0.6) is 0 Å². The second kappa shape index (κ2) is 4.08. The molecule has 0 aromatic carbocycles. The smallest absolute Gasteiger partial charge is 0.329 e. The van der Waals surface area contributed by atoms with Gasteiger partial charge in [-0.3, -0.25) is 14.3 Å². The van der Waals surface area contributed by atoms with Crippen molar-refractivity contribution in [1.82, 2.24) is 19.1 Å². The number of aromatic nitrogens is 4. The van der Waals surface area contributed by atoms with Crippen LogP contribution in [-0.4, -0.2) is 19.1 Å². The number of aryl methyl sites for hydroxylation is 2. The maximum Gasteiger partial charge on any atom is 0.329 e. The number of hydrogen-bond acceptors (Lipinski definition) is 4. The van der Waals surface area contributed by atoms with Crippen molar-refractivity contribution in [3.63, 3.8) is 0 Å². The normalized spacial score (nSPS) is 11.2.